The van der Waals surface area contributed by atoms with Gasteiger partial charge in [0.1, 0.15) is 28.6 Å². The van der Waals surface area contributed by atoms with Crippen molar-refractivity contribution in [3.05, 3.63) is 73.6 Å². The maximum Gasteiger partial charge on any atom is 0.255 e. The number of alkyl halides is 2. The summed E-state index contributed by atoms with van der Waals surface area (Å²) in [7, 11) is 1.50. The summed E-state index contributed by atoms with van der Waals surface area (Å²) in [6.45, 7) is -0.991. The van der Waals surface area contributed by atoms with Crippen LogP contribution in [0.4, 0.5) is 25.8 Å². The lowest BCUT2D eigenvalue weighted by Gasteiger charge is -2.16. The maximum atomic E-state index is 12.4. The van der Waals surface area contributed by atoms with E-state index in [9.17, 15) is 23.5 Å². The van der Waals surface area contributed by atoms with Crippen molar-refractivity contribution in [1.29, 1.82) is 0 Å². The summed E-state index contributed by atoms with van der Waals surface area (Å²) in [4.78, 5) is 27.8. The highest BCUT2D eigenvalue weighted by Crippen LogP contribution is 2.36. The smallest absolute Gasteiger partial charge is 0.255 e. The van der Waals surface area contributed by atoms with Crippen molar-refractivity contribution in [3.63, 3.8) is 0 Å². The Bertz CT molecular complexity index is 1440. The van der Waals surface area contributed by atoms with Gasteiger partial charge in [-0.3, -0.25) is 14.6 Å². The average molecular weight is 490 g/mol. The molecule has 0 radical (unpaired) electrons. The van der Waals surface area contributed by atoms with Crippen LogP contribution in [0.5, 0.6) is 17.2 Å². The second kappa shape index (κ2) is 9.62. The number of anilines is 3. The minimum absolute atomic E-state index is 0.133. The quantitative estimate of drug-likeness (QED) is 0.300. The first kappa shape index (κ1) is 23.4. The molecule has 0 unspecified atom stereocenters. The predicted octanol–water partition coefficient (Wildman–Crippen LogP) is 4.20. The zero-order valence-electron chi connectivity index (χ0n) is 17.7. The van der Waals surface area contributed by atoms with Gasteiger partial charge in [-0.25, -0.2) is 8.78 Å². The Morgan fingerprint density at radius 2 is 1.85 bits per heavy atom. The van der Waals surface area contributed by atoms with E-state index in [0.717, 1.165) is 0 Å². The van der Waals surface area contributed by atoms with Crippen molar-refractivity contribution in [2.24, 2.45) is 0 Å². The van der Waals surface area contributed by atoms with E-state index in [1.807, 2.05) is 0 Å². The first-order valence-corrected chi connectivity index (χ1v) is 10.4. The van der Waals surface area contributed by atoms with E-state index in [4.69, 9.17) is 21.1 Å². The van der Waals surface area contributed by atoms with E-state index < -0.39 is 23.8 Å². The number of ether oxygens (including phenoxy) is 2. The first-order valence-electron chi connectivity index (χ1n) is 9.98. The number of rotatable bonds is 9. The minimum atomic E-state index is -2.68. The SMILES string of the molecule is COc1cc2nccc(Oc3ccc(Nc4c(NCC(F)F)c(=O)c4=O)c(Cl)c3)c2cc1CO. The molecular formula is C23H18ClF2N3O5. The summed E-state index contributed by atoms with van der Waals surface area (Å²) in [5, 5.41) is 15.4. The summed E-state index contributed by atoms with van der Waals surface area (Å²) in [5.41, 5.74) is -0.594. The lowest BCUT2D eigenvalue weighted by atomic mass is 10.1. The third kappa shape index (κ3) is 4.50. The fourth-order valence-corrected chi connectivity index (χ4v) is 3.59. The highest BCUT2D eigenvalue weighted by molar-refractivity contribution is 6.33. The molecule has 0 saturated heterocycles. The Labute approximate surface area is 196 Å². The first-order chi connectivity index (χ1) is 16.3. The van der Waals surface area contributed by atoms with Crippen molar-refractivity contribution >= 4 is 39.6 Å². The molecule has 34 heavy (non-hydrogen) atoms. The minimum Gasteiger partial charge on any atom is -0.496 e. The van der Waals surface area contributed by atoms with Crippen LogP contribution in [0.15, 0.2) is 52.2 Å². The molecule has 3 N–H and O–H groups in total. The molecule has 4 rings (SSSR count). The lowest BCUT2D eigenvalue weighted by molar-refractivity contribution is 0.163. The van der Waals surface area contributed by atoms with Crippen molar-refractivity contribution < 1.29 is 23.4 Å². The second-order valence-corrected chi connectivity index (χ2v) is 7.60. The summed E-state index contributed by atoms with van der Waals surface area (Å²) in [6.07, 6.45) is -1.12. The molecule has 0 saturated carbocycles. The molecule has 0 spiro atoms. The maximum absolute atomic E-state index is 12.4. The van der Waals surface area contributed by atoms with Crippen LogP contribution < -0.4 is 31.0 Å². The number of hydrogen-bond donors (Lipinski definition) is 3. The van der Waals surface area contributed by atoms with Crippen LogP contribution in [0.25, 0.3) is 10.9 Å². The molecule has 4 aromatic rings. The highest BCUT2D eigenvalue weighted by atomic mass is 35.5. The number of nitrogens with zero attached hydrogens (tertiary/aromatic N) is 1. The molecule has 11 heteroatoms. The van der Waals surface area contributed by atoms with Crippen molar-refractivity contribution in [1.82, 2.24) is 4.98 Å². The molecule has 0 aliphatic carbocycles. The van der Waals surface area contributed by atoms with E-state index in [1.54, 1.807) is 30.5 Å². The zero-order chi connectivity index (χ0) is 24.4. The summed E-state index contributed by atoms with van der Waals surface area (Å²) in [6, 6.07) is 9.66. The van der Waals surface area contributed by atoms with Gasteiger partial charge in [-0.2, -0.15) is 0 Å². The fraction of sp³-hybridized carbons (Fsp3) is 0.174. The number of aliphatic hydroxyl groups excluding tert-OH is 1. The highest BCUT2D eigenvalue weighted by Gasteiger charge is 2.22. The van der Waals surface area contributed by atoms with Gasteiger partial charge in [-0.05, 0) is 24.3 Å². The topological polar surface area (TPSA) is 110 Å². The van der Waals surface area contributed by atoms with Gasteiger partial charge < -0.3 is 25.2 Å². The second-order valence-electron chi connectivity index (χ2n) is 7.20. The van der Waals surface area contributed by atoms with E-state index in [-0.39, 0.29) is 28.7 Å². The van der Waals surface area contributed by atoms with Gasteiger partial charge in [0, 0.05) is 29.3 Å². The van der Waals surface area contributed by atoms with Crippen LogP contribution in [0.3, 0.4) is 0 Å². The van der Waals surface area contributed by atoms with Gasteiger partial charge in [0.2, 0.25) is 0 Å². The molecule has 0 fully saturated rings. The van der Waals surface area contributed by atoms with Crippen LogP contribution in [0.2, 0.25) is 5.02 Å². The Hall–Kier alpha value is -3.76. The van der Waals surface area contributed by atoms with Crippen LogP contribution >= 0.6 is 11.6 Å². The monoisotopic (exact) mass is 489 g/mol. The van der Waals surface area contributed by atoms with Gasteiger partial charge >= 0.3 is 0 Å². The summed E-state index contributed by atoms with van der Waals surface area (Å²) < 4.78 is 36.1. The van der Waals surface area contributed by atoms with Gasteiger partial charge in [-0.15, -0.1) is 0 Å². The van der Waals surface area contributed by atoms with E-state index in [0.29, 0.717) is 33.7 Å². The zero-order valence-corrected chi connectivity index (χ0v) is 18.5. The largest absolute Gasteiger partial charge is 0.496 e. The predicted molar refractivity (Wildman–Crippen MR) is 125 cm³/mol. The molecule has 3 aromatic carbocycles. The van der Waals surface area contributed by atoms with E-state index >= 15 is 0 Å². The van der Waals surface area contributed by atoms with Gasteiger partial charge in [0.15, 0.2) is 0 Å². The summed E-state index contributed by atoms with van der Waals surface area (Å²) >= 11 is 6.32. The van der Waals surface area contributed by atoms with Gasteiger partial charge in [0.05, 0.1) is 36.5 Å². The van der Waals surface area contributed by atoms with Crippen LogP contribution in [-0.2, 0) is 6.61 Å². The van der Waals surface area contributed by atoms with Crippen molar-refractivity contribution in [3.8, 4) is 17.2 Å². The Balaban J connectivity index is 1.58. The molecule has 0 aliphatic heterocycles. The van der Waals surface area contributed by atoms with Gasteiger partial charge in [0.25, 0.3) is 17.3 Å². The fourth-order valence-electron chi connectivity index (χ4n) is 3.38. The normalized spacial score (nSPS) is 11.2. The van der Waals surface area contributed by atoms with Gasteiger partial charge in [-0.1, -0.05) is 11.6 Å². The Morgan fingerprint density at radius 3 is 2.53 bits per heavy atom. The number of halogens is 3. The van der Waals surface area contributed by atoms with Crippen molar-refractivity contribution in [2.45, 2.75) is 13.0 Å². The number of methoxy groups -OCH3 is 1. The molecule has 1 heterocycles. The average Bonchev–Trinajstić information content (AvgIpc) is 2.83. The van der Waals surface area contributed by atoms with Crippen LogP contribution in [0, 0.1) is 0 Å². The van der Waals surface area contributed by atoms with E-state index in [1.165, 1.54) is 19.2 Å². The number of fused-ring (bicyclic) bond motifs is 1. The number of nitrogens with one attached hydrogen (secondary N) is 2. The third-order valence-electron chi connectivity index (χ3n) is 5.05. The standard InChI is InChI=1S/C23H18ClF2N3O5/c1-33-18-8-16-13(6-11(18)10-30)17(4-5-27-16)34-12-2-3-15(14(24)7-12)29-21-20(22(31)23(21)32)28-9-19(25)26/h2-8,19,28-30H,9-10H2,1H3. The molecular weight excluding hydrogens is 472 g/mol. The lowest BCUT2D eigenvalue weighted by Crippen LogP contribution is -2.37. The molecule has 0 aliphatic rings. The number of benzene rings is 2. The van der Waals surface area contributed by atoms with Crippen molar-refractivity contribution in [2.75, 3.05) is 24.3 Å². The number of aliphatic hydroxyl groups is 1. The molecule has 1 aromatic heterocycles. The Morgan fingerprint density at radius 1 is 1.09 bits per heavy atom. The number of pyridine rings is 1. The number of aromatic nitrogens is 1. The van der Waals surface area contributed by atoms with E-state index in [2.05, 4.69) is 15.6 Å². The van der Waals surface area contributed by atoms with Crippen LogP contribution in [0.1, 0.15) is 5.56 Å². The molecule has 176 valence electrons. The molecule has 0 amide bonds. The third-order valence-corrected chi connectivity index (χ3v) is 5.36. The molecule has 0 atom stereocenters. The Kier molecular flexibility index (Phi) is 6.62. The number of hydrogen-bond acceptors (Lipinski definition) is 8. The molecule has 0 bridgehead atoms. The summed E-state index contributed by atoms with van der Waals surface area (Å²) in [5.74, 6) is 1.32. The van der Waals surface area contributed by atoms with Crippen LogP contribution in [-0.4, -0.2) is 30.2 Å². The molecule has 8 nitrogen and oxygen atoms in total.